The van der Waals surface area contributed by atoms with Crippen molar-refractivity contribution in [3.05, 3.63) is 34.1 Å². The summed E-state index contributed by atoms with van der Waals surface area (Å²) in [5.41, 5.74) is 6.25. The predicted molar refractivity (Wildman–Crippen MR) is 75.0 cm³/mol. The molecule has 0 atom stereocenters. The monoisotopic (exact) mass is 315 g/mol. The Bertz CT molecular complexity index is 395. The number of rotatable bonds is 8. The predicted octanol–water partition coefficient (Wildman–Crippen LogP) is 3.61. The van der Waals surface area contributed by atoms with Crippen LogP contribution in [0.4, 0.5) is 4.39 Å². The van der Waals surface area contributed by atoms with Crippen molar-refractivity contribution in [2.75, 3.05) is 6.54 Å². The van der Waals surface area contributed by atoms with Crippen molar-refractivity contribution in [3.63, 3.8) is 0 Å². The van der Waals surface area contributed by atoms with Crippen molar-refractivity contribution in [1.29, 1.82) is 0 Å². The van der Waals surface area contributed by atoms with E-state index in [4.69, 9.17) is 5.73 Å². The topological polar surface area (TPSA) is 43.1 Å². The van der Waals surface area contributed by atoms with Crippen LogP contribution in [0, 0.1) is 5.82 Å². The van der Waals surface area contributed by atoms with Gasteiger partial charge in [-0.3, -0.25) is 4.79 Å². The lowest BCUT2D eigenvalue weighted by Gasteiger charge is -2.04. The molecular weight excluding hydrogens is 297 g/mol. The molecule has 1 aromatic rings. The van der Waals surface area contributed by atoms with Gasteiger partial charge in [0.15, 0.2) is 0 Å². The summed E-state index contributed by atoms with van der Waals surface area (Å²) in [5, 5.41) is 0. The molecule has 0 amide bonds. The van der Waals surface area contributed by atoms with Crippen LogP contribution in [0.15, 0.2) is 22.7 Å². The summed E-state index contributed by atoms with van der Waals surface area (Å²) in [5.74, 6) is -0.0880. The number of hydrogen-bond donors (Lipinski definition) is 1. The second kappa shape index (κ2) is 8.38. The van der Waals surface area contributed by atoms with Crippen LogP contribution in [-0.4, -0.2) is 12.3 Å². The van der Waals surface area contributed by atoms with E-state index in [0.29, 0.717) is 17.3 Å². The van der Waals surface area contributed by atoms with Gasteiger partial charge in [0.05, 0.1) is 0 Å². The van der Waals surface area contributed by atoms with Crippen molar-refractivity contribution in [1.82, 2.24) is 0 Å². The van der Waals surface area contributed by atoms with Crippen LogP contribution in [0.3, 0.4) is 0 Å². The van der Waals surface area contributed by atoms with E-state index < -0.39 is 0 Å². The Labute approximate surface area is 116 Å². The molecule has 0 saturated heterocycles. The highest BCUT2D eigenvalue weighted by Gasteiger charge is 2.07. The highest BCUT2D eigenvalue weighted by Crippen LogP contribution is 2.19. The summed E-state index contributed by atoms with van der Waals surface area (Å²) >= 11 is 3.27. The first-order chi connectivity index (χ1) is 8.63. The van der Waals surface area contributed by atoms with Crippen LogP contribution in [0.25, 0.3) is 0 Å². The van der Waals surface area contributed by atoms with Gasteiger partial charge in [0.1, 0.15) is 11.6 Å². The molecule has 0 aliphatic heterocycles. The molecule has 2 N–H and O–H groups in total. The van der Waals surface area contributed by atoms with Crippen LogP contribution >= 0.6 is 15.9 Å². The summed E-state index contributed by atoms with van der Waals surface area (Å²) < 4.78 is 13.5. The molecule has 1 aromatic carbocycles. The van der Waals surface area contributed by atoms with Crippen LogP contribution in [0.2, 0.25) is 0 Å². The van der Waals surface area contributed by atoms with Crippen molar-refractivity contribution in [3.8, 4) is 0 Å². The Balaban J connectivity index is 2.31. The van der Waals surface area contributed by atoms with Crippen LogP contribution < -0.4 is 5.73 Å². The van der Waals surface area contributed by atoms with Crippen molar-refractivity contribution >= 4 is 21.7 Å². The molecule has 0 aliphatic rings. The smallest absolute Gasteiger partial charge is 0.137 e. The standard InChI is InChI=1S/C14H19BrFNO/c15-14-10-12(16)7-6-11(14)9-13(18)5-3-1-2-4-8-17/h6-7,10H,1-5,8-9,17H2. The Morgan fingerprint density at radius 1 is 1.22 bits per heavy atom. The third-order valence-electron chi connectivity index (χ3n) is 2.81. The normalized spacial score (nSPS) is 10.6. The van der Waals surface area contributed by atoms with Gasteiger partial charge in [-0.15, -0.1) is 0 Å². The molecule has 0 spiro atoms. The quantitative estimate of drug-likeness (QED) is 0.745. The first-order valence-electron chi connectivity index (χ1n) is 6.29. The average molecular weight is 316 g/mol. The lowest BCUT2D eigenvalue weighted by molar-refractivity contribution is -0.118. The number of nitrogens with two attached hydrogens (primary N) is 1. The fraction of sp³-hybridized carbons (Fsp3) is 0.500. The van der Waals surface area contributed by atoms with Crippen molar-refractivity contribution in [2.45, 2.75) is 38.5 Å². The van der Waals surface area contributed by atoms with Gasteiger partial charge in [0.2, 0.25) is 0 Å². The Kier molecular flexibility index (Phi) is 7.13. The zero-order valence-corrected chi connectivity index (χ0v) is 12.0. The maximum Gasteiger partial charge on any atom is 0.137 e. The molecule has 100 valence electrons. The number of ketones is 1. The van der Waals surface area contributed by atoms with Crippen LogP contribution in [0.5, 0.6) is 0 Å². The fourth-order valence-electron chi connectivity index (χ4n) is 1.79. The first kappa shape index (κ1) is 15.3. The number of halogens is 2. The molecule has 0 saturated carbocycles. The minimum absolute atomic E-state index is 0.204. The largest absolute Gasteiger partial charge is 0.330 e. The number of carbonyl (C=O) groups excluding carboxylic acids is 1. The van der Waals surface area contributed by atoms with Gasteiger partial charge in [0.25, 0.3) is 0 Å². The van der Waals surface area contributed by atoms with E-state index in [0.717, 1.165) is 37.8 Å². The van der Waals surface area contributed by atoms with E-state index in [1.807, 2.05) is 0 Å². The van der Waals surface area contributed by atoms with E-state index >= 15 is 0 Å². The molecule has 0 fully saturated rings. The van der Waals surface area contributed by atoms with Crippen molar-refractivity contribution in [2.24, 2.45) is 5.73 Å². The number of carbonyl (C=O) groups is 1. The highest BCUT2D eigenvalue weighted by molar-refractivity contribution is 9.10. The molecule has 0 aromatic heterocycles. The molecule has 18 heavy (non-hydrogen) atoms. The minimum Gasteiger partial charge on any atom is -0.330 e. The van der Waals surface area contributed by atoms with E-state index in [2.05, 4.69) is 15.9 Å². The second-order valence-corrected chi connectivity index (χ2v) is 5.26. The summed E-state index contributed by atoms with van der Waals surface area (Å²) in [6, 6.07) is 4.43. The number of benzene rings is 1. The maximum absolute atomic E-state index is 12.9. The average Bonchev–Trinajstić information content (AvgIpc) is 2.32. The fourth-order valence-corrected chi connectivity index (χ4v) is 2.28. The zero-order valence-electron chi connectivity index (χ0n) is 10.4. The minimum atomic E-state index is -0.292. The van der Waals surface area contributed by atoms with Gasteiger partial charge in [-0.1, -0.05) is 34.8 Å². The lowest BCUT2D eigenvalue weighted by Crippen LogP contribution is -2.04. The molecule has 1 rings (SSSR count). The summed E-state index contributed by atoms with van der Waals surface area (Å²) in [6.07, 6.45) is 5.04. The lowest BCUT2D eigenvalue weighted by atomic mass is 10.0. The van der Waals surface area contributed by atoms with Gasteiger partial charge < -0.3 is 5.73 Å². The molecule has 0 heterocycles. The molecule has 0 unspecified atom stereocenters. The highest BCUT2D eigenvalue weighted by atomic mass is 79.9. The zero-order chi connectivity index (χ0) is 13.4. The SMILES string of the molecule is NCCCCCCC(=O)Cc1ccc(F)cc1Br. The van der Waals surface area contributed by atoms with Gasteiger partial charge in [-0.25, -0.2) is 4.39 Å². The summed E-state index contributed by atoms with van der Waals surface area (Å²) in [7, 11) is 0. The van der Waals surface area contributed by atoms with Crippen LogP contribution in [-0.2, 0) is 11.2 Å². The van der Waals surface area contributed by atoms with Gasteiger partial charge in [-0.2, -0.15) is 0 Å². The number of unbranched alkanes of at least 4 members (excludes halogenated alkanes) is 3. The third-order valence-corrected chi connectivity index (χ3v) is 3.55. The Hall–Kier alpha value is -0.740. The molecular formula is C14H19BrFNO. The van der Waals surface area contributed by atoms with E-state index in [1.165, 1.54) is 12.1 Å². The molecule has 0 radical (unpaired) electrons. The molecule has 2 nitrogen and oxygen atoms in total. The summed E-state index contributed by atoms with van der Waals surface area (Å²) in [4.78, 5) is 11.7. The Morgan fingerprint density at radius 3 is 2.61 bits per heavy atom. The number of hydrogen-bond acceptors (Lipinski definition) is 2. The van der Waals surface area contributed by atoms with Crippen molar-refractivity contribution < 1.29 is 9.18 Å². The summed E-state index contributed by atoms with van der Waals surface area (Å²) in [6.45, 7) is 0.719. The number of Topliss-reactive ketones (excluding diaryl/α,β-unsaturated/α-hetero) is 1. The van der Waals surface area contributed by atoms with Gasteiger partial charge in [-0.05, 0) is 37.1 Å². The van der Waals surface area contributed by atoms with Gasteiger partial charge in [0, 0.05) is 17.3 Å². The maximum atomic E-state index is 12.9. The van der Waals surface area contributed by atoms with Crippen LogP contribution in [0.1, 0.15) is 37.7 Å². The van der Waals surface area contributed by atoms with E-state index in [9.17, 15) is 9.18 Å². The third kappa shape index (κ3) is 5.74. The molecule has 0 bridgehead atoms. The van der Waals surface area contributed by atoms with E-state index in [1.54, 1.807) is 6.07 Å². The Morgan fingerprint density at radius 2 is 1.94 bits per heavy atom. The van der Waals surface area contributed by atoms with Gasteiger partial charge >= 0.3 is 0 Å². The molecule has 4 heteroatoms. The second-order valence-electron chi connectivity index (χ2n) is 4.40. The van der Waals surface area contributed by atoms with E-state index in [-0.39, 0.29) is 11.6 Å². The molecule has 0 aliphatic carbocycles. The first-order valence-corrected chi connectivity index (χ1v) is 7.08.